The molecule has 0 aromatic heterocycles. The number of nitrogens with zero attached hydrogens (tertiary/aromatic N) is 1. The van der Waals surface area contributed by atoms with Gasteiger partial charge in [-0.1, -0.05) is 30.3 Å². The first-order valence-corrected chi connectivity index (χ1v) is 10.8. The van der Waals surface area contributed by atoms with Crippen molar-refractivity contribution in [3.05, 3.63) is 82.4 Å². The molecule has 0 saturated heterocycles. The summed E-state index contributed by atoms with van der Waals surface area (Å²) >= 11 is 0. The monoisotopic (exact) mass is 415 g/mol. The Kier molecular flexibility index (Phi) is 4.32. The van der Waals surface area contributed by atoms with Gasteiger partial charge in [0.05, 0.1) is 7.11 Å². The molecular weight excluding hydrogens is 390 g/mol. The van der Waals surface area contributed by atoms with Crippen LogP contribution < -0.4 is 14.2 Å². The minimum atomic E-state index is 0.187. The van der Waals surface area contributed by atoms with Crippen LogP contribution in [-0.2, 0) is 19.3 Å². The minimum Gasteiger partial charge on any atom is -0.504 e. The third kappa shape index (κ3) is 3.03. The van der Waals surface area contributed by atoms with Crippen LogP contribution in [0.4, 0.5) is 0 Å². The van der Waals surface area contributed by atoms with Gasteiger partial charge >= 0.3 is 0 Å². The van der Waals surface area contributed by atoms with Gasteiger partial charge in [0, 0.05) is 18.6 Å². The number of phenolic OH excluding ortho intramolecular Hbond substituents is 1. The Hall–Kier alpha value is -3.18. The Morgan fingerprint density at radius 1 is 1.00 bits per heavy atom. The summed E-state index contributed by atoms with van der Waals surface area (Å²) in [7, 11) is 1.61. The molecule has 3 aromatic carbocycles. The number of phenols is 1. The van der Waals surface area contributed by atoms with E-state index in [0.717, 1.165) is 37.3 Å². The summed E-state index contributed by atoms with van der Waals surface area (Å²) < 4.78 is 16.7. The molecule has 0 amide bonds. The lowest BCUT2D eigenvalue weighted by Gasteiger charge is -2.47. The molecule has 0 fully saturated rings. The maximum absolute atomic E-state index is 10.5. The first kappa shape index (κ1) is 18.6. The highest BCUT2D eigenvalue weighted by atomic mass is 16.7. The van der Waals surface area contributed by atoms with E-state index in [1.54, 1.807) is 7.11 Å². The van der Waals surface area contributed by atoms with E-state index in [1.165, 1.54) is 27.8 Å². The van der Waals surface area contributed by atoms with E-state index >= 15 is 0 Å². The lowest BCUT2D eigenvalue weighted by Crippen LogP contribution is -2.43. The number of methoxy groups -OCH3 is 1. The molecule has 5 nitrogen and oxygen atoms in total. The van der Waals surface area contributed by atoms with Crippen molar-refractivity contribution in [3.63, 3.8) is 0 Å². The largest absolute Gasteiger partial charge is 0.504 e. The second-order valence-corrected chi connectivity index (χ2v) is 8.54. The normalized spacial score (nSPS) is 21.2. The highest BCUT2D eigenvalue weighted by Crippen LogP contribution is 2.49. The van der Waals surface area contributed by atoms with E-state index in [0.29, 0.717) is 12.5 Å². The Morgan fingerprint density at radius 3 is 2.61 bits per heavy atom. The summed E-state index contributed by atoms with van der Waals surface area (Å²) in [6.45, 7) is 1.27. The third-order valence-corrected chi connectivity index (χ3v) is 6.92. The smallest absolute Gasteiger partial charge is 0.231 e. The molecular formula is C26H25NO4. The Balaban J connectivity index is 1.47. The van der Waals surface area contributed by atoms with Crippen molar-refractivity contribution in [2.45, 2.75) is 31.3 Å². The Morgan fingerprint density at radius 2 is 1.81 bits per heavy atom. The molecule has 0 aliphatic carbocycles. The van der Waals surface area contributed by atoms with Crippen molar-refractivity contribution >= 4 is 0 Å². The van der Waals surface area contributed by atoms with Gasteiger partial charge in [0.15, 0.2) is 23.0 Å². The number of benzene rings is 3. The van der Waals surface area contributed by atoms with Crippen molar-refractivity contribution in [2.24, 2.45) is 0 Å². The van der Waals surface area contributed by atoms with Crippen LogP contribution in [-0.4, -0.2) is 30.5 Å². The minimum absolute atomic E-state index is 0.187. The highest BCUT2D eigenvalue weighted by molar-refractivity contribution is 5.54. The summed E-state index contributed by atoms with van der Waals surface area (Å²) in [5.41, 5.74) is 6.40. The molecule has 6 rings (SSSR count). The summed E-state index contributed by atoms with van der Waals surface area (Å²) in [6.07, 6.45) is 2.76. The standard InChI is InChI=1S/C26H25NO4/c1-29-24-12-18-10-22-20-14-26-25(30-15-31-26)11-17(20)7-8-27(22)21(19(18)13-23(24)28)9-16-5-3-2-4-6-16/h2-6,11-14,21-22,28H,7-10,15H2,1H3/t21-,22+/m1/s1. The number of hydrogen-bond acceptors (Lipinski definition) is 5. The van der Waals surface area contributed by atoms with Gasteiger partial charge in [0.25, 0.3) is 0 Å². The maximum Gasteiger partial charge on any atom is 0.231 e. The van der Waals surface area contributed by atoms with Crippen LogP contribution in [0.5, 0.6) is 23.0 Å². The van der Waals surface area contributed by atoms with Crippen LogP contribution in [0.25, 0.3) is 0 Å². The molecule has 0 radical (unpaired) electrons. The zero-order valence-electron chi connectivity index (χ0n) is 17.5. The van der Waals surface area contributed by atoms with E-state index < -0.39 is 0 Å². The van der Waals surface area contributed by atoms with Gasteiger partial charge in [-0.3, -0.25) is 4.90 Å². The molecule has 158 valence electrons. The summed E-state index contributed by atoms with van der Waals surface area (Å²) in [6, 6.07) is 19.3. The van der Waals surface area contributed by atoms with Crippen LogP contribution in [0.3, 0.4) is 0 Å². The maximum atomic E-state index is 10.5. The van der Waals surface area contributed by atoms with Gasteiger partial charge < -0.3 is 19.3 Å². The lowest BCUT2D eigenvalue weighted by atomic mass is 9.79. The van der Waals surface area contributed by atoms with Crippen molar-refractivity contribution in [1.29, 1.82) is 0 Å². The first-order chi connectivity index (χ1) is 15.2. The number of ether oxygens (including phenoxy) is 3. The van der Waals surface area contributed by atoms with Crippen molar-refractivity contribution in [2.75, 3.05) is 20.4 Å². The SMILES string of the molecule is COc1cc2c(cc1O)[C@@H](Cc1ccccc1)N1CCc3cc4c(cc3[C@@H]1C2)OCO4. The summed E-state index contributed by atoms with van der Waals surface area (Å²) in [5, 5.41) is 10.5. The fraction of sp³-hybridized carbons (Fsp3) is 0.308. The molecule has 3 aliphatic heterocycles. The van der Waals surface area contributed by atoms with Crippen molar-refractivity contribution in [1.82, 2.24) is 4.90 Å². The molecule has 0 unspecified atom stereocenters. The molecule has 1 N–H and O–H groups in total. The van der Waals surface area contributed by atoms with Gasteiger partial charge in [-0.15, -0.1) is 0 Å². The van der Waals surface area contributed by atoms with E-state index in [2.05, 4.69) is 47.4 Å². The predicted molar refractivity (Wildman–Crippen MR) is 117 cm³/mol. The fourth-order valence-corrected chi connectivity index (χ4v) is 5.44. The van der Waals surface area contributed by atoms with Crippen molar-refractivity contribution in [3.8, 4) is 23.0 Å². The molecule has 0 saturated carbocycles. The van der Waals surface area contributed by atoms with E-state index in [1.807, 2.05) is 12.1 Å². The van der Waals surface area contributed by atoms with Crippen LogP contribution in [0.2, 0.25) is 0 Å². The average molecular weight is 415 g/mol. The zero-order valence-corrected chi connectivity index (χ0v) is 17.5. The van der Waals surface area contributed by atoms with Gasteiger partial charge in [0.2, 0.25) is 6.79 Å². The zero-order chi connectivity index (χ0) is 20.9. The van der Waals surface area contributed by atoms with Gasteiger partial charge in [0.1, 0.15) is 0 Å². The lowest BCUT2D eigenvalue weighted by molar-refractivity contribution is 0.106. The summed E-state index contributed by atoms with van der Waals surface area (Å²) in [4.78, 5) is 2.60. The van der Waals surface area contributed by atoms with E-state index in [-0.39, 0.29) is 17.8 Å². The fourth-order valence-electron chi connectivity index (χ4n) is 5.44. The first-order valence-electron chi connectivity index (χ1n) is 10.8. The molecule has 0 spiro atoms. The third-order valence-electron chi connectivity index (χ3n) is 6.92. The highest BCUT2D eigenvalue weighted by Gasteiger charge is 2.39. The quantitative estimate of drug-likeness (QED) is 0.679. The molecule has 3 aromatic rings. The van der Waals surface area contributed by atoms with Crippen LogP contribution in [0, 0.1) is 0 Å². The molecule has 3 aliphatic rings. The molecule has 5 heteroatoms. The van der Waals surface area contributed by atoms with Crippen LogP contribution in [0.15, 0.2) is 54.6 Å². The second-order valence-electron chi connectivity index (χ2n) is 8.54. The van der Waals surface area contributed by atoms with Gasteiger partial charge in [-0.2, -0.15) is 0 Å². The molecule has 3 heterocycles. The average Bonchev–Trinajstić information content (AvgIpc) is 3.25. The second kappa shape index (κ2) is 7.20. The summed E-state index contributed by atoms with van der Waals surface area (Å²) in [5.74, 6) is 2.44. The van der Waals surface area contributed by atoms with E-state index in [4.69, 9.17) is 14.2 Å². The van der Waals surface area contributed by atoms with Crippen LogP contribution >= 0.6 is 0 Å². The molecule has 2 atom stereocenters. The van der Waals surface area contributed by atoms with Gasteiger partial charge in [-0.25, -0.2) is 0 Å². The number of rotatable bonds is 3. The number of hydrogen-bond donors (Lipinski definition) is 1. The topological polar surface area (TPSA) is 51.2 Å². The number of fused-ring (bicyclic) bond motifs is 5. The van der Waals surface area contributed by atoms with Gasteiger partial charge in [-0.05, 0) is 71.3 Å². The Labute approximate surface area is 181 Å². The predicted octanol–water partition coefficient (Wildman–Crippen LogP) is 4.57. The molecule has 0 bridgehead atoms. The van der Waals surface area contributed by atoms with Crippen molar-refractivity contribution < 1.29 is 19.3 Å². The Bertz CT molecular complexity index is 1140. The number of aromatic hydroxyl groups is 1. The van der Waals surface area contributed by atoms with E-state index in [9.17, 15) is 5.11 Å². The molecule has 31 heavy (non-hydrogen) atoms. The van der Waals surface area contributed by atoms with Crippen LogP contribution in [0.1, 0.15) is 39.9 Å².